The SMILES string of the molecule is O=C(NS(=O)(=O)c1cccc(N2CC[C@H](O)C2)n1)C1(Oc2cc(Cl)ccc2-c2cccc(OC(F)(F)F)c2)CC1. The molecule has 1 saturated carbocycles. The molecule has 1 amide bonds. The first-order chi connectivity index (χ1) is 18.8. The highest BCUT2D eigenvalue weighted by molar-refractivity contribution is 7.90. The van der Waals surface area contributed by atoms with Gasteiger partial charge in [-0.15, -0.1) is 13.2 Å². The number of nitrogens with one attached hydrogen (secondary N) is 1. The van der Waals surface area contributed by atoms with Crippen molar-refractivity contribution in [1.29, 1.82) is 0 Å². The van der Waals surface area contributed by atoms with Crippen LogP contribution in [0, 0.1) is 0 Å². The van der Waals surface area contributed by atoms with Crippen molar-refractivity contribution in [2.45, 2.75) is 42.4 Å². The molecule has 1 saturated heterocycles. The van der Waals surface area contributed by atoms with Crippen LogP contribution in [0.15, 0.2) is 65.7 Å². The summed E-state index contributed by atoms with van der Waals surface area (Å²) in [6.45, 7) is 0.821. The molecular weight excluding hydrogens is 575 g/mol. The molecule has 1 atom stereocenters. The van der Waals surface area contributed by atoms with E-state index in [0.29, 0.717) is 36.5 Å². The number of anilines is 1. The van der Waals surface area contributed by atoms with E-state index in [-0.39, 0.29) is 28.6 Å². The van der Waals surface area contributed by atoms with Crippen LogP contribution in [-0.2, 0) is 14.8 Å². The molecule has 14 heteroatoms. The fraction of sp³-hybridized carbons (Fsp3) is 0.308. The van der Waals surface area contributed by atoms with Crippen molar-refractivity contribution >= 4 is 33.3 Å². The summed E-state index contributed by atoms with van der Waals surface area (Å²) in [7, 11) is -4.38. The summed E-state index contributed by atoms with van der Waals surface area (Å²) in [6.07, 6.45) is -4.51. The van der Waals surface area contributed by atoms with E-state index < -0.39 is 39.7 Å². The third-order valence-corrected chi connectivity index (χ3v) is 7.91. The van der Waals surface area contributed by atoms with Gasteiger partial charge in [0.05, 0.1) is 6.10 Å². The van der Waals surface area contributed by atoms with Gasteiger partial charge in [0, 0.05) is 36.5 Å². The second-order valence-electron chi connectivity index (χ2n) is 9.47. The Morgan fingerprint density at radius 3 is 2.55 bits per heavy atom. The Kier molecular flexibility index (Phi) is 7.31. The number of ether oxygens (including phenoxy) is 2. The summed E-state index contributed by atoms with van der Waals surface area (Å²) in [5, 5.41) is 9.64. The Balaban J connectivity index is 1.36. The minimum absolute atomic E-state index is 0.0782. The topological polar surface area (TPSA) is 118 Å². The number of carbonyl (C=O) groups is 1. The lowest BCUT2D eigenvalue weighted by Crippen LogP contribution is -2.43. The van der Waals surface area contributed by atoms with E-state index in [1.165, 1.54) is 42.5 Å². The number of carbonyl (C=O) groups excluding carboxylic acids is 1. The Morgan fingerprint density at radius 2 is 1.88 bits per heavy atom. The zero-order chi connectivity index (χ0) is 28.7. The number of aromatic nitrogens is 1. The molecule has 0 bridgehead atoms. The second-order valence-corrected chi connectivity index (χ2v) is 11.5. The number of aliphatic hydroxyl groups is 1. The molecule has 2 fully saturated rings. The van der Waals surface area contributed by atoms with Crippen LogP contribution in [0.5, 0.6) is 11.5 Å². The molecule has 1 aliphatic heterocycles. The Labute approximate surface area is 232 Å². The van der Waals surface area contributed by atoms with Crippen LogP contribution < -0.4 is 19.1 Å². The molecule has 3 aromatic rings. The van der Waals surface area contributed by atoms with Gasteiger partial charge < -0.3 is 19.5 Å². The number of halogens is 4. The molecule has 1 aliphatic carbocycles. The minimum atomic E-state index is -4.89. The molecule has 0 radical (unpaired) electrons. The van der Waals surface area contributed by atoms with Gasteiger partial charge in [0.1, 0.15) is 17.3 Å². The zero-order valence-electron chi connectivity index (χ0n) is 20.7. The quantitative estimate of drug-likeness (QED) is 0.395. The monoisotopic (exact) mass is 597 g/mol. The van der Waals surface area contributed by atoms with Crippen molar-refractivity contribution in [3.8, 4) is 22.6 Å². The average molecular weight is 598 g/mol. The molecule has 40 heavy (non-hydrogen) atoms. The lowest BCUT2D eigenvalue weighted by atomic mass is 10.0. The van der Waals surface area contributed by atoms with Gasteiger partial charge in [-0.2, -0.15) is 8.42 Å². The van der Waals surface area contributed by atoms with Crippen molar-refractivity contribution in [3.05, 3.63) is 65.7 Å². The van der Waals surface area contributed by atoms with Crippen LogP contribution in [0.4, 0.5) is 19.0 Å². The average Bonchev–Trinajstić information content (AvgIpc) is 3.54. The number of aliphatic hydroxyl groups excluding tert-OH is 1. The summed E-state index contributed by atoms with van der Waals surface area (Å²) in [5.41, 5.74) is -0.921. The zero-order valence-corrected chi connectivity index (χ0v) is 22.3. The van der Waals surface area contributed by atoms with Crippen LogP contribution in [0.1, 0.15) is 19.3 Å². The van der Waals surface area contributed by atoms with Crippen molar-refractivity contribution in [3.63, 3.8) is 0 Å². The summed E-state index contributed by atoms with van der Waals surface area (Å²) in [6, 6.07) is 14.0. The number of amides is 1. The minimum Gasteiger partial charge on any atom is -0.477 e. The van der Waals surface area contributed by atoms with Gasteiger partial charge in [0.25, 0.3) is 15.9 Å². The number of hydrogen-bond donors (Lipinski definition) is 2. The van der Waals surface area contributed by atoms with E-state index in [0.717, 1.165) is 12.1 Å². The first kappa shape index (κ1) is 28.0. The normalized spacial score (nSPS) is 18.3. The number of pyridine rings is 1. The molecule has 0 unspecified atom stereocenters. The van der Waals surface area contributed by atoms with Gasteiger partial charge in [0.2, 0.25) is 0 Å². The van der Waals surface area contributed by atoms with Crippen LogP contribution >= 0.6 is 11.6 Å². The summed E-state index contributed by atoms with van der Waals surface area (Å²) in [5.74, 6) is -0.940. The van der Waals surface area contributed by atoms with Gasteiger partial charge in [-0.25, -0.2) is 9.71 Å². The summed E-state index contributed by atoms with van der Waals surface area (Å²) in [4.78, 5) is 19.1. The number of hydrogen-bond acceptors (Lipinski definition) is 8. The van der Waals surface area contributed by atoms with E-state index in [1.807, 2.05) is 4.72 Å². The molecule has 2 heterocycles. The van der Waals surface area contributed by atoms with E-state index in [2.05, 4.69) is 9.72 Å². The van der Waals surface area contributed by atoms with Crippen LogP contribution in [0.3, 0.4) is 0 Å². The molecule has 2 aromatic carbocycles. The molecule has 9 nitrogen and oxygen atoms in total. The molecule has 1 aromatic heterocycles. The standard InChI is InChI=1S/C26H23ClF3N3O6S/c27-17-7-8-20(16-3-1-4-19(13-16)38-26(28,29)30)21(14-17)39-25(10-11-25)24(35)32-40(36,37)23-6-2-5-22(31-23)33-12-9-18(34)15-33/h1-8,13-14,18,34H,9-12,15H2,(H,32,35)/t18-/m0/s1. The molecular formula is C26H23ClF3N3O6S. The van der Waals surface area contributed by atoms with Crippen molar-refractivity contribution in [2.24, 2.45) is 0 Å². The van der Waals surface area contributed by atoms with Crippen molar-refractivity contribution in [2.75, 3.05) is 18.0 Å². The van der Waals surface area contributed by atoms with Gasteiger partial charge in [-0.1, -0.05) is 29.8 Å². The Bertz CT molecular complexity index is 1550. The Morgan fingerprint density at radius 1 is 1.12 bits per heavy atom. The number of benzene rings is 2. The largest absolute Gasteiger partial charge is 0.573 e. The van der Waals surface area contributed by atoms with Crippen LogP contribution in [0.2, 0.25) is 5.02 Å². The summed E-state index contributed by atoms with van der Waals surface area (Å²) < 4.78 is 76.3. The second kappa shape index (κ2) is 10.5. The van der Waals surface area contributed by atoms with Crippen LogP contribution in [-0.4, -0.2) is 55.6 Å². The fourth-order valence-corrected chi connectivity index (χ4v) is 5.49. The van der Waals surface area contributed by atoms with Crippen molar-refractivity contribution < 1.29 is 41.0 Å². The lowest BCUT2D eigenvalue weighted by Gasteiger charge is -2.21. The summed E-state index contributed by atoms with van der Waals surface area (Å²) >= 11 is 6.14. The first-order valence-corrected chi connectivity index (χ1v) is 14.0. The number of β-amino-alcohol motifs (C(OH)–C–C–N with tert-alkyl or cyclic N) is 1. The molecule has 212 valence electrons. The number of sulfonamides is 1. The third kappa shape index (κ3) is 6.26. The molecule has 2 aliphatic rings. The van der Waals surface area contributed by atoms with E-state index >= 15 is 0 Å². The van der Waals surface area contributed by atoms with E-state index in [1.54, 1.807) is 11.0 Å². The van der Waals surface area contributed by atoms with Crippen LogP contribution in [0.25, 0.3) is 11.1 Å². The van der Waals surface area contributed by atoms with Gasteiger partial charge in [-0.3, -0.25) is 4.79 Å². The predicted molar refractivity (Wildman–Crippen MR) is 139 cm³/mol. The smallest absolute Gasteiger partial charge is 0.477 e. The van der Waals surface area contributed by atoms with Gasteiger partial charge in [-0.05, 0) is 54.4 Å². The maximum atomic E-state index is 13.2. The lowest BCUT2D eigenvalue weighted by molar-refractivity contribution is -0.274. The number of nitrogens with zero attached hydrogens (tertiary/aromatic N) is 2. The number of alkyl halides is 3. The molecule has 0 spiro atoms. The highest BCUT2D eigenvalue weighted by Crippen LogP contribution is 2.45. The van der Waals surface area contributed by atoms with Crippen molar-refractivity contribution in [1.82, 2.24) is 9.71 Å². The highest BCUT2D eigenvalue weighted by atomic mass is 35.5. The fourth-order valence-electron chi connectivity index (χ4n) is 4.33. The number of rotatable bonds is 8. The van der Waals surface area contributed by atoms with E-state index in [4.69, 9.17) is 16.3 Å². The first-order valence-electron chi connectivity index (χ1n) is 12.2. The predicted octanol–water partition coefficient (Wildman–Crippen LogP) is 4.29. The maximum absolute atomic E-state index is 13.2. The third-order valence-electron chi connectivity index (χ3n) is 6.44. The highest BCUT2D eigenvalue weighted by Gasteiger charge is 2.54. The molecule has 2 N–H and O–H groups in total. The van der Waals surface area contributed by atoms with Gasteiger partial charge in [0.15, 0.2) is 10.6 Å². The van der Waals surface area contributed by atoms with Gasteiger partial charge >= 0.3 is 6.36 Å². The maximum Gasteiger partial charge on any atom is 0.573 e. The molecule has 5 rings (SSSR count). The Hall–Kier alpha value is -3.55. The van der Waals surface area contributed by atoms with E-state index in [9.17, 15) is 31.5 Å².